The lowest BCUT2D eigenvalue weighted by Gasteiger charge is -2.11. The highest BCUT2D eigenvalue weighted by Gasteiger charge is 2.16. The molecule has 0 saturated carbocycles. The summed E-state index contributed by atoms with van der Waals surface area (Å²) in [6, 6.07) is 19.2. The Kier molecular flexibility index (Phi) is 5.79. The lowest BCUT2D eigenvalue weighted by atomic mass is 10.0. The first-order valence-electron chi connectivity index (χ1n) is 8.80. The zero-order valence-corrected chi connectivity index (χ0v) is 16.8. The number of hydrogen-bond donors (Lipinski definition) is 1. The molecule has 0 saturated heterocycles. The number of carbonyl (C=O) groups excluding carboxylic acids is 2. The average Bonchev–Trinajstić information content (AvgIpc) is 3.45. The molecule has 7 heteroatoms. The number of thiazole rings is 1. The van der Waals surface area contributed by atoms with Gasteiger partial charge in [-0.05, 0) is 23.1 Å². The highest BCUT2D eigenvalue weighted by Crippen LogP contribution is 2.28. The number of rotatable bonds is 6. The van der Waals surface area contributed by atoms with Gasteiger partial charge in [-0.25, -0.2) is 9.78 Å². The molecule has 0 aliphatic carbocycles. The molecule has 0 bridgehead atoms. The lowest BCUT2D eigenvalue weighted by molar-refractivity contribution is -0.119. The zero-order chi connectivity index (χ0) is 20.1. The van der Waals surface area contributed by atoms with Crippen LogP contribution in [0.25, 0.3) is 21.7 Å². The minimum absolute atomic E-state index is 0.202. The number of nitrogens with zero attached hydrogens (tertiary/aromatic N) is 1. The Morgan fingerprint density at radius 3 is 2.52 bits per heavy atom. The molecule has 5 nitrogen and oxygen atoms in total. The zero-order valence-electron chi connectivity index (χ0n) is 15.2. The van der Waals surface area contributed by atoms with Crippen LogP contribution >= 0.6 is 22.7 Å². The van der Waals surface area contributed by atoms with E-state index in [2.05, 4.69) is 10.3 Å². The predicted octanol–water partition coefficient (Wildman–Crippen LogP) is 5.33. The second kappa shape index (κ2) is 8.81. The van der Waals surface area contributed by atoms with E-state index in [9.17, 15) is 9.59 Å². The quantitative estimate of drug-likeness (QED) is 0.428. The summed E-state index contributed by atoms with van der Waals surface area (Å²) < 4.78 is 5.13. The molecule has 2 aromatic heterocycles. The fourth-order valence-electron chi connectivity index (χ4n) is 2.74. The molecule has 0 aliphatic heterocycles. The molecule has 0 fully saturated rings. The van der Waals surface area contributed by atoms with E-state index in [0.717, 1.165) is 21.7 Å². The van der Waals surface area contributed by atoms with Crippen molar-refractivity contribution in [3.63, 3.8) is 0 Å². The smallest absolute Gasteiger partial charge is 0.358 e. The van der Waals surface area contributed by atoms with Crippen molar-refractivity contribution < 1.29 is 14.3 Å². The van der Waals surface area contributed by atoms with E-state index in [1.807, 2.05) is 71.4 Å². The maximum atomic E-state index is 12.3. The summed E-state index contributed by atoms with van der Waals surface area (Å²) in [6.07, 6.45) is 0. The molecule has 144 valence electrons. The van der Waals surface area contributed by atoms with E-state index < -0.39 is 11.9 Å². The van der Waals surface area contributed by atoms with Gasteiger partial charge in [-0.1, -0.05) is 48.5 Å². The number of ether oxygens (including phenoxy) is 1. The first-order valence-corrected chi connectivity index (χ1v) is 10.6. The third-order valence-electron chi connectivity index (χ3n) is 4.10. The van der Waals surface area contributed by atoms with Gasteiger partial charge in [0.25, 0.3) is 5.91 Å². The van der Waals surface area contributed by atoms with Crippen LogP contribution < -0.4 is 5.32 Å². The molecular formula is C22H16N2O3S2. The highest BCUT2D eigenvalue weighted by atomic mass is 32.1. The Morgan fingerprint density at radius 1 is 0.931 bits per heavy atom. The number of benzene rings is 2. The van der Waals surface area contributed by atoms with Crippen molar-refractivity contribution >= 4 is 40.2 Å². The van der Waals surface area contributed by atoms with Gasteiger partial charge in [0.05, 0.1) is 0 Å². The number of anilines is 1. The minimum Gasteiger partial charge on any atom is -0.451 e. The molecule has 1 N–H and O–H groups in total. The van der Waals surface area contributed by atoms with Crippen LogP contribution in [0.1, 0.15) is 10.5 Å². The number of nitrogens with one attached hydrogen (secondary N) is 1. The van der Waals surface area contributed by atoms with Gasteiger partial charge in [-0.15, -0.1) is 11.3 Å². The Morgan fingerprint density at radius 2 is 1.72 bits per heavy atom. The predicted molar refractivity (Wildman–Crippen MR) is 116 cm³/mol. The van der Waals surface area contributed by atoms with Crippen molar-refractivity contribution in [3.05, 3.63) is 82.5 Å². The summed E-state index contributed by atoms with van der Waals surface area (Å²) >= 11 is 2.93. The fourth-order valence-corrected chi connectivity index (χ4v) is 4.24. The number of aromatic nitrogens is 1. The van der Waals surface area contributed by atoms with Gasteiger partial charge in [0.1, 0.15) is 5.01 Å². The molecule has 0 radical (unpaired) electrons. The standard InChI is InChI=1S/C22H16N2O3S2/c25-20(23-18-9-5-4-8-17(18)15-6-2-1-3-7-15)12-27-22(26)19-14-29-21(24-19)16-10-11-28-13-16/h1-11,13-14H,12H2,(H,23,25). The Bertz CT molecular complexity index is 1120. The van der Waals surface area contributed by atoms with E-state index in [0.29, 0.717) is 5.69 Å². The van der Waals surface area contributed by atoms with Crippen LogP contribution in [-0.4, -0.2) is 23.5 Å². The van der Waals surface area contributed by atoms with Crippen LogP contribution in [0.2, 0.25) is 0 Å². The molecule has 29 heavy (non-hydrogen) atoms. The van der Waals surface area contributed by atoms with Gasteiger partial charge in [0.2, 0.25) is 0 Å². The summed E-state index contributed by atoms with van der Waals surface area (Å²) in [7, 11) is 0. The van der Waals surface area contributed by atoms with Crippen LogP contribution in [0.3, 0.4) is 0 Å². The third-order valence-corrected chi connectivity index (χ3v) is 5.68. The van der Waals surface area contributed by atoms with Gasteiger partial charge in [0, 0.05) is 27.6 Å². The maximum absolute atomic E-state index is 12.3. The maximum Gasteiger partial charge on any atom is 0.358 e. The largest absolute Gasteiger partial charge is 0.451 e. The summed E-state index contributed by atoms with van der Waals surface area (Å²) in [4.78, 5) is 28.8. The van der Waals surface area contributed by atoms with E-state index in [-0.39, 0.29) is 12.3 Å². The Hall–Kier alpha value is -3.29. The summed E-state index contributed by atoms with van der Waals surface area (Å²) in [6.45, 7) is -0.382. The molecule has 2 heterocycles. The number of esters is 1. The van der Waals surface area contributed by atoms with Gasteiger partial charge in [-0.3, -0.25) is 4.79 Å². The number of thiophene rings is 1. The molecule has 1 amide bonds. The van der Waals surface area contributed by atoms with E-state index in [1.54, 1.807) is 16.7 Å². The monoisotopic (exact) mass is 420 g/mol. The van der Waals surface area contributed by atoms with Gasteiger partial charge >= 0.3 is 5.97 Å². The number of carbonyl (C=O) groups is 2. The van der Waals surface area contributed by atoms with Crippen molar-refractivity contribution in [3.8, 4) is 21.7 Å². The van der Waals surface area contributed by atoms with Crippen molar-refractivity contribution in [2.45, 2.75) is 0 Å². The molecule has 2 aromatic carbocycles. The number of amides is 1. The van der Waals surface area contributed by atoms with Gasteiger partial charge in [-0.2, -0.15) is 11.3 Å². The fraction of sp³-hybridized carbons (Fsp3) is 0.0455. The molecule has 0 atom stereocenters. The molecule has 0 unspecified atom stereocenters. The topological polar surface area (TPSA) is 68.3 Å². The van der Waals surface area contributed by atoms with Crippen LogP contribution in [0.4, 0.5) is 5.69 Å². The van der Waals surface area contributed by atoms with E-state index in [1.165, 1.54) is 11.3 Å². The summed E-state index contributed by atoms with van der Waals surface area (Å²) in [5.74, 6) is -1.02. The van der Waals surface area contributed by atoms with Crippen LogP contribution in [-0.2, 0) is 9.53 Å². The normalized spacial score (nSPS) is 10.5. The Labute approximate surface area is 175 Å². The van der Waals surface area contributed by atoms with Crippen LogP contribution in [0.15, 0.2) is 76.8 Å². The highest BCUT2D eigenvalue weighted by molar-refractivity contribution is 7.14. The van der Waals surface area contributed by atoms with Crippen LogP contribution in [0, 0.1) is 0 Å². The summed E-state index contributed by atoms with van der Waals surface area (Å²) in [5.41, 5.74) is 3.72. The van der Waals surface area contributed by atoms with Crippen molar-refractivity contribution in [1.82, 2.24) is 4.98 Å². The van der Waals surface area contributed by atoms with Crippen molar-refractivity contribution in [2.75, 3.05) is 11.9 Å². The second-order valence-corrected chi connectivity index (χ2v) is 7.72. The number of hydrogen-bond acceptors (Lipinski definition) is 6. The Balaban J connectivity index is 1.38. The molecule has 0 spiro atoms. The van der Waals surface area contributed by atoms with Crippen molar-refractivity contribution in [2.24, 2.45) is 0 Å². The summed E-state index contributed by atoms with van der Waals surface area (Å²) in [5, 5.41) is 9.11. The average molecular weight is 421 g/mol. The van der Waals surface area contributed by atoms with Gasteiger partial charge in [0.15, 0.2) is 12.3 Å². The first kappa shape index (κ1) is 19.0. The van der Waals surface area contributed by atoms with Crippen molar-refractivity contribution in [1.29, 1.82) is 0 Å². The molecule has 4 rings (SSSR count). The molecule has 4 aromatic rings. The van der Waals surface area contributed by atoms with Gasteiger partial charge < -0.3 is 10.1 Å². The molecular weight excluding hydrogens is 404 g/mol. The van der Waals surface area contributed by atoms with Crippen LogP contribution in [0.5, 0.6) is 0 Å². The van der Waals surface area contributed by atoms with E-state index >= 15 is 0 Å². The first-order chi connectivity index (χ1) is 14.2. The van der Waals surface area contributed by atoms with E-state index in [4.69, 9.17) is 4.74 Å². The third kappa shape index (κ3) is 4.59. The minimum atomic E-state index is -0.616. The number of para-hydroxylation sites is 1. The lowest BCUT2D eigenvalue weighted by Crippen LogP contribution is -2.21. The second-order valence-electron chi connectivity index (χ2n) is 6.09. The molecule has 0 aliphatic rings. The SMILES string of the molecule is O=C(COC(=O)c1csc(-c2ccsc2)n1)Nc1ccccc1-c1ccccc1.